The Bertz CT molecular complexity index is 365. The van der Waals surface area contributed by atoms with E-state index in [0.29, 0.717) is 17.2 Å². The summed E-state index contributed by atoms with van der Waals surface area (Å²) < 4.78 is 14.8. The first kappa shape index (κ1) is 12.2. The van der Waals surface area contributed by atoms with Crippen molar-refractivity contribution < 1.29 is 19.0 Å². The average molecular weight is 225 g/mol. The van der Waals surface area contributed by atoms with Crippen molar-refractivity contribution in [2.45, 2.75) is 6.42 Å². The molecule has 0 atom stereocenters. The molecule has 88 valence electrons. The first-order valence-electron chi connectivity index (χ1n) is 4.80. The summed E-state index contributed by atoms with van der Waals surface area (Å²) in [5.74, 6) is 0.884. The number of hydrogen-bond donors (Lipinski definition) is 1. The van der Waals surface area contributed by atoms with E-state index in [1.54, 1.807) is 25.3 Å². The first-order chi connectivity index (χ1) is 7.67. The van der Waals surface area contributed by atoms with Gasteiger partial charge in [-0.1, -0.05) is 0 Å². The fourth-order valence-electron chi connectivity index (χ4n) is 1.13. The third-order valence-electron chi connectivity index (χ3n) is 2.01. The van der Waals surface area contributed by atoms with Crippen LogP contribution in [0.1, 0.15) is 6.42 Å². The minimum Gasteiger partial charge on any atom is -0.497 e. The van der Waals surface area contributed by atoms with Gasteiger partial charge in [0.1, 0.15) is 11.5 Å². The van der Waals surface area contributed by atoms with Crippen LogP contribution in [0.2, 0.25) is 0 Å². The van der Waals surface area contributed by atoms with Crippen molar-refractivity contribution in [3.05, 3.63) is 18.2 Å². The Kier molecular flexibility index (Phi) is 4.44. The molecule has 0 aromatic heterocycles. The third kappa shape index (κ3) is 3.34. The quantitative estimate of drug-likeness (QED) is 0.602. The zero-order valence-electron chi connectivity index (χ0n) is 9.36. The van der Waals surface area contributed by atoms with Crippen molar-refractivity contribution >= 4 is 11.7 Å². The van der Waals surface area contributed by atoms with Crippen molar-refractivity contribution in [2.75, 3.05) is 26.6 Å². The minimum absolute atomic E-state index is 0.196. The Labute approximate surface area is 94.1 Å². The molecule has 16 heavy (non-hydrogen) atoms. The zero-order chi connectivity index (χ0) is 12.0. The number of anilines is 1. The second-order valence-electron chi connectivity index (χ2n) is 3.08. The van der Waals surface area contributed by atoms with Crippen molar-refractivity contribution in [1.29, 1.82) is 0 Å². The maximum absolute atomic E-state index is 10.8. The highest BCUT2D eigenvalue weighted by atomic mass is 16.5. The fraction of sp³-hybridized carbons (Fsp3) is 0.364. The van der Waals surface area contributed by atoms with Gasteiger partial charge in [0.05, 0.1) is 32.9 Å². The molecule has 1 aromatic rings. The number of esters is 1. The zero-order valence-corrected chi connectivity index (χ0v) is 9.36. The van der Waals surface area contributed by atoms with E-state index >= 15 is 0 Å². The van der Waals surface area contributed by atoms with Crippen LogP contribution in [0.25, 0.3) is 0 Å². The maximum atomic E-state index is 10.8. The number of nitrogens with two attached hydrogens (primary N) is 1. The van der Waals surface area contributed by atoms with E-state index < -0.39 is 0 Å². The number of ether oxygens (including phenoxy) is 3. The van der Waals surface area contributed by atoms with E-state index in [4.69, 9.17) is 15.2 Å². The highest BCUT2D eigenvalue weighted by Gasteiger charge is 2.04. The van der Waals surface area contributed by atoms with E-state index in [0.717, 1.165) is 0 Å². The molecule has 0 spiro atoms. The lowest BCUT2D eigenvalue weighted by Gasteiger charge is -2.09. The summed E-state index contributed by atoms with van der Waals surface area (Å²) in [4.78, 5) is 10.8. The Morgan fingerprint density at radius 2 is 2.12 bits per heavy atom. The van der Waals surface area contributed by atoms with Crippen LogP contribution in [0.3, 0.4) is 0 Å². The smallest absolute Gasteiger partial charge is 0.308 e. The van der Waals surface area contributed by atoms with Crippen molar-refractivity contribution in [3.63, 3.8) is 0 Å². The highest BCUT2D eigenvalue weighted by Crippen LogP contribution is 2.26. The molecular formula is C11H15NO4. The number of hydrogen-bond acceptors (Lipinski definition) is 5. The molecule has 0 aliphatic carbocycles. The predicted molar refractivity (Wildman–Crippen MR) is 59.5 cm³/mol. The molecule has 5 heteroatoms. The lowest BCUT2D eigenvalue weighted by atomic mass is 10.3. The molecule has 1 aromatic carbocycles. The molecule has 0 heterocycles. The molecule has 5 nitrogen and oxygen atoms in total. The second kappa shape index (κ2) is 5.85. The van der Waals surface area contributed by atoms with Crippen molar-refractivity contribution in [2.24, 2.45) is 0 Å². The van der Waals surface area contributed by atoms with Crippen LogP contribution in [0.5, 0.6) is 11.5 Å². The lowest BCUT2D eigenvalue weighted by Crippen LogP contribution is -2.08. The van der Waals surface area contributed by atoms with E-state index in [1.807, 2.05) is 0 Å². The monoisotopic (exact) mass is 225 g/mol. The van der Waals surface area contributed by atoms with Crippen LogP contribution >= 0.6 is 0 Å². The average Bonchev–Trinajstić information content (AvgIpc) is 2.30. The van der Waals surface area contributed by atoms with Crippen LogP contribution in [-0.4, -0.2) is 26.8 Å². The Hall–Kier alpha value is -1.91. The van der Waals surface area contributed by atoms with E-state index in [9.17, 15) is 4.79 Å². The number of nitrogen functional groups attached to an aromatic ring is 1. The van der Waals surface area contributed by atoms with Gasteiger partial charge < -0.3 is 19.9 Å². The summed E-state index contributed by atoms with van der Waals surface area (Å²) in [5, 5.41) is 0. The van der Waals surface area contributed by atoms with Crippen LogP contribution in [0, 0.1) is 0 Å². The molecule has 0 unspecified atom stereocenters. The number of rotatable bonds is 5. The van der Waals surface area contributed by atoms with E-state index in [2.05, 4.69) is 4.74 Å². The molecule has 0 saturated carbocycles. The van der Waals surface area contributed by atoms with Crippen LogP contribution < -0.4 is 15.2 Å². The van der Waals surface area contributed by atoms with Gasteiger partial charge in [-0.3, -0.25) is 4.79 Å². The van der Waals surface area contributed by atoms with Crippen LogP contribution in [-0.2, 0) is 9.53 Å². The first-order valence-corrected chi connectivity index (χ1v) is 4.80. The molecule has 0 aliphatic heterocycles. The maximum Gasteiger partial charge on any atom is 0.308 e. The number of carbonyl (C=O) groups is 1. The lowest BCUT2D eigenvalue weighted by molar-refractivity contribution is -0.141. The minimum atomic E-state index is -0.313. The largest absolute Gasteiger partial charge is 0.497 e. The molecule has 0 aliphatic rings. The van der Waals surface area contributed by atoms with E-state index in [1.165, 1.54) is 7.11 Å². The van der Waals surface area contributed by atoms with Gasteiger partial charge in [-0.25, -0.2) is 0 Å². The van der Waals surface area contributed by atoms with E-state index in [-0.39, 0.29) is 19.0 Å². The topological polar surface area (TPSA) is 70.8 Å². The van der Waals surface area contributed by atoms with Gasteiger partial charge in [-0.2, -0.15) is 0 Å². The Morgan fingerprint density at radius 3 is 2.69 bits per heavy atom. The highest BCUT2D eigenvalue weighted by molar-refractivity contribution is 5.69. The van der Waals surface area contributed by atoms with Gasteiger partial charge in [-0.15, -0.1) is 0 Å². The molecule has 0 fully saturated rings. The van der Waals surface area contributed by atoms with Crippen LogP contribution in [0.4, 0.5) is 5.69 Å². The SMILES string of the molecule is COC(=O)CCOc1ccc(OC)cc1N. The molecule has 1 rings (SSSR count). The predicted octanol–water partition coefficient (Wildman–Crippen LogP) is 1.22. The Balaban J connectivity index is 2.51. The van der Waals surface area contributed by atoms with Gasteiger partial charge in [0.25, 0.3) is 0 Å². The van der Waals surface area contributed by atoms with Gasteiger partial charge in [0, 0.05) is 6.07 Å². The van der Waals surface area contributed by atoms with Crippen LogP contribution in [0.15, 0.2) is 18.2 Å². The van der Waals surface area contributed by atoms with Crippen molar-refractivity contribution in [1.82, 2.24) is 0 Å². The summed E-state index contributed by atoms with van der Waals surface area (Å²) in [6.45, 7) is 0.239. The number of carbonyl (C=O) groups excluding carboxylic acids is 1. The van der Waals surface area contributed by atoms with Gasteiger partial charge >= 0.3 is 5.97 Å². The summed E-state index contributed by atoms with van der Waals surface area (Å²) in [5.41, 5.74) is 6.20. The third-order valence-corrected chi connectivity index (χ3v) is 2.01. The molecular weight excluding hydrogens is 210 g/mol. The fourth-order valence-corrected chi connectivity index (χ4v) is 1.13. The van der Waals surface area contributed by atoms with Gasteiger partial charge in [-0.05, 0) is 12.1 Å². The normalized spacial score (nSPS) is 9.62. The second-order valence-corrected chi connectivity index (χ2v) is 3.08. The molecule has 0 saturated heterocycles. The number of methoxy groups -OCH3 is 2. The summed E-state index contributed by atoms with van der Waals surface area (Å²) in [6.07, 6.45) is 0.196. The van der Waals surface area contributed by atoms with Gasteiger partial charge in [0.15, 0.2) is 0 Å². The Morgan fingerprint density at radius 1 is 1.38 bits per heavy atom. The van der Waals surface area contributed by atoms with Gasteiger partial charge in [0.2, 0.25) is 0 Å². The van der Waals surface area contributed by atoms with Crippen molar-refractivity contribution in [3.8, 4) is 11.5 Å². The number of benzene rings is 1. The molecule has 0 amide bonds. The molecule has 0 bridgehead atoms. The summed E-state index contributed by atoms with van der Waals surface area (Å²) >= 11 is 0. The summed E-state index contributed by atoms with van der Waals surface area (Å²) in [7, 11) is 2.90. The standard InChI is InChI=1S/C11H15NO4/c1-14-8-3-4-10(9(12)7-8)16-6-5-11(13)15-2/h3-4,7H,5-6,12H2,1-2H3. The summed E-state index contributed by atoms with van der Waals surface area (Å²) in [6, 6.07) is 5.10. The molecule has 0 radical (unpaired) electrons. The molecule has 2 N–H and O–H groups in total.